The van der Waals surface area contributed by atoms with Gasteiger partial charge in [-0.1, -0.05) is 23.2 Å². The molecule has 0 amide bonds. The van der Waals surface area contributed by atoms with Crippen LogP contribution in [0.4, 0.5) is 0 Å². The Kier molecular flexibility index (Phi) is 2.98. The molecule has 0 fully saturated rings. The molecule has 0 aromatic rings. The maximum Gasteiger partial charge on any atom is 0.121 e. The smallest absolute Gasteiger partial charge is 0.121 e. The van der Waals surface area contributed by atoms with Crippen LogP contribution in [0.2, 0.25) is 0 Å². The first-order chi connectivity index (χ1) is 5.95. The Morgan fingerprint density at radius 2 is 1.92 bits per heavy atom. The summed E-state index contributed by atoms with van der Waals surface area (Å²) in [6.07, 6.45) is -2.15. The van der Waals surface area contributed by atoms with Crippen LogP contribution in [0.1, 0.15) is 0 Å². The van der Waals surface area contributed by atoms with Crippen LogP contribution in [0.3, 0.4) is 0 Å². The van der Waals surface area contributed by atoms with E-state index in [-0.39, 0.29) is 10.1 Å². The minimum absolute atomic E-state index is 0.112. The number of aliphatic hydroxyl groups is 2. The van der Waals surface area contributed by atoms with Crippen molar-refractivity contribution >= 4 is 29.2 Å². The third-order valence-electron chi connectivity index (χ3n) is 1.62. The number of carbonyl (C=O) groups excluding carboxylic acids is 1. The van der Waals surface area contributed by atoms with E-state index in [9.17, 15) is 20.1 Å². The second-order valence-corrected chi connectivity index (χ2v) is 3.29. The van der Waals surface area contributed by atoms with Crippen LogP contribution in [0, 0.1) is 0 Å². The number of rotatable bonds is 1. The lowest BCUT2D eigenvalue weighted by Crippen LogP contribution is -2.39. The van der Waals surface area contributed by atoms with Gasteiger partial charge in [0.15, 0.2) is 0 Å². The molecule has 72 valence electrons. The maximum atomic E-state index is 10.4. The van der Waals surface area contributed by atoms with Gasteiger partial charge in [-0.15, -0.1) is 0 Å². The van der Waals surface area contributed by atoms with Crippen molar-refractivity contribution in [1.82, 2.24) is 0 Å². The highest BCUT2D eigenvalue weighted by atomic mass is 35.5. The zero-order valence-corrected chi connectivity index (χ0v) is 7.71. The molecule has 1 aliphatic carbocycles. The van der Waals surface area contributed by atoms with Crippen molar-refractivity contribution in [3.63, 3.8) is 0 Å². The molecule has 4 nitrogen and oxygen atoms in total. The third kappa shape index (κ3) is 1.86. The summed E-state index contributed by atoms with van der Waals surface area (Å²) in [6.45, 7) is 0. The van der Waals surface area contributed by atoms with E-state index in [2.05, 4.69) is 0 Å². The first-order valence-electron chi connectivity index (χ1n) is 3.29. The van der Waals surface area contributed by atoms with E-state index in [1.54, 1.807) is 0 Å². The molecule has 0 aromatic carbocycles. The Morgan fingerprint density at radius 1 is 1.38 bits per heavy atom. The zero-order chi connectivity index (χ0) is 10.2. The summed E-state index contributed by atoms with van der Waals surface area (Å²) in [5, 5.41) is 28.5. The number of aliphatic hydroxyl groups excluding tert-OH is 2. The van der Waals surface area contributed by atoms with E-state index in [4.69, 9.17) is 23.2 Å². The predicted molar refractivity (Wildman–Crippen MR) is 43.8 cm³/mol. The number of hydrogen-bond donors (Lipinski definition) is 2. The van der Waals surface area contributed by atoms with Crippen LogP contribution >= 0.6 is 23.2 Å². The van der Waals surface area contributed by atoms with Crippen molar-refractivity contribution in [3.05, 3.63) is 21.7 Å². The van der Waals surface area contributed by atoms with Crippen LogP contribution in [-0.4, -0.2) is 28.4 Å². The fourth-order valence-corrected chi connectivity index (χ4v) is 1.32. The van der Waals surface area contributed by atoms with Crippen molar-refractivity contribution in [2.24, 2.45) is 0 Å². The first kappa shape index (κ1) is 10.5. The number of carboxylic acid groups (broad SMARTS) is 1. The molecule has 0 saturated carbocycles. The molecular weight excluding hydrogens is 219 g/mol. The summed E-state index contributed by atoms with van der Waals surface area (Å²) in [5.41, 5.74) is -0.484. The molecule has 2 N–H and O–H groups in total. The first-order valence-corrected chi connectivity index (χ1v) is 4.05. The van der Waals surface area contributed by atoms with Gasteiger partial charge < -0.3 is 20.1 Å². The number of carboxylic acids is 1. The molecule has 0 saturated heterocycles. The molecular formula is C7H5Cl2O4-. The van der Waals surface area contributed by atoms with Gasteiger partial charge in [0.2, 0.25) is 0 Å². The summed E-state index contributed by atoms with van der Waals surface area (Å²) < 4.78 is 0. The highest BCUT2D eigenvalue weighted by Gasteiger charge is 2.29. The van der Waals surface area contributed by atoms with Crippen molar-refractivity contribution in [3.8, 4) is 0 Å². The Hall–Kier alpha value is -0.550. The average molecular weight is 224 g/mol. The molecule has 6 heteroatoms. The molecule has 0 radical (unpaired) electrons. The molecule has 0 heterocycles. The molecule has 1 aliphatic rings. The summed E-state index contributed by atoms with van der Waals surface area (Å²) in [5.74, 6) is -1.59. The van der Waals surface area contributed by atoms with Gasteiger partial charge in [0, 0.05) is 5.57 Å². The monoisotopic (exact) mass is 223 g/mol. The van der Waals surface area contributed by atoms with Crippen LogP contribution < -0.4 is 5.11 Å². The SMILES string of the molecule is O=C([O-])C1=CC(Cl)=C(Cl)[C@H](O)[C@@H]1O. The molecule has 0 spiro atoms. The molecule has 0 unspecified atom stereocenters. The maximum absolute atomic E-state index is 10.4. The van der Waals surface area contributed by atoms with Crippen molar-refractivity contribution in [2.75, 3.05) is 0 Å². The van der Waals surface area contributed by atoms with Gasteiger partial charge in [0.25, 0.3) is 0 Å². The van der Waals surface area contributed by atoms with Crippen molar-refractivity contribution in [2.45, 2.75) is 12.2 Å². The zero-order valence-electron chi connectivity index (χ0n) is 6.20. The van der Waals surface area contributed by atoms with Gasteiger partial charge in [0.1, 0.15) is 12.2 Å². The van der Waals surface area contributed by atoms with Crippen LogP contribution in [-0.2, 0) is 4.79 Å². The van der Waals surface area contributed by atoms with Crippen LogP contribution in [0.5, 0.6) is 0 Å². The van der Waals surface area contributed by atoms with Gasteiger partial charge in [-0.2, -0.15) is 0 Å². The van der Waals surface area contributed by atoms with Crippen LogP contribution in [0.25, 0.3) is 0 Å². The van der Waals surface area contributed by atoms with Gasteiger partial charge >= 0.3 is 0 Å². The van der Waals surface area contributed by atoms with Crippen molar-refractivity contribution in [1.29, 1.82) is 0 Å². The lowest BCUT2D eigenvalue weighted by molar-refractivity contribution is -0.300. The van der Waals surface area contributed by atoms with Gasteiger partial charge in [0.05, 0.1) is 16.0 Å². The number of aliphatic carboxylic acids is 1. The number of halogens is 2. The van der Waals surface area contributed by atoms with E-state index in [1.807, 2.05) is 0 Å². The van der Waals surface area contributed by atoms with Gasteiger partial charge in [-0.05, 0) is 6.08 Å². The number of allylic oxidation sites excluding steroid dienone is 2. The van der Waals surface area contributed by atoms with Gasteiger partial charge in [-0.25, -0.2) is 0 Å². The Labute approximate surface area is 83.7 Å². The van der Waals surface area contributed by atoms with E-state index < -0.39 is 23.8 Å². The van der Waals surface area contributed by atoms with Crippen LogP contribution in [0.15, 0.2) is 21.7 Å². The second-order valence-electron chi connectivity index (χ2n) is 2.47. The minimum Gasteiger partial charge on any atom is -0.545 e. The number of hydrogen-bond acceptors (Lipinski definition) is 4. The normalized spacial score (nSPS) is 28.8. The molecule has 2 atom stereocenters. The lowest BCUT2D eigenvalue weighted by atomic mass is 9.99. The van der Waals surface area contributed by atoms with Gasteiger partial charge in [-0.3, -0.25) is 0 Å². The second kappa shape index (κ2) is 3.67. The predicted octanol–water partition coefficient (Wildman–Crippen LogP) is -0.913. The minimum atomic E-state index is -1.60. The Morgan fingerprint density at radius 3 is 2.38 bits per heavy atom. The summed E-state index contributed by atoms with van der Waals surface area (Å²) in [6, 6.07) is 0. The van der Waals surface area contributed by atoms with Crippen molar-refractivity contribution < 1.29 is 20.1 Å². The molecule has 13 heavy (non-hydrogen) atoms. The summed E-state index contributed by atoms with van der Waals surface area (Å²) in [4.78, 5) is 10.4. The molecule has 0 aromatic heterocycles. The standard InChI is InChI=1S/C7H6Cl2O4/c8-3-1-2(7(12)13)5(10)6(11)4(3)9/h1,5-6,10-11H,(H,12,13)/p-1/t5-,6+/m1/s1. The third-order valence-corrected chi connectivity index (χ3v) is 2.46. The Bertz CT molecular complexity index is 308. The fraction of sp³-hybridized carbons (Fsp3) is 0.286. The van der Waals surface area contributed by atoms with E-state index in [0.717, 1.165) is 6.08 Å². The fourth-order valence-electron chi connectivity index (χ4n) is 0.920. The highest BCUT2D eigenvalue weighted by molar-refractivity contribution is 6.41. The summed E-state index contributed by atoms with van der Waals surface area (Å²) in [7, 11) is 0. The Balaban J connectivity index is 3.12. The average Bonchev–Trinajstić information content (AvgIpc) is 2.07. The number of carbonyl (C=O) groups is 1. The topological polar surface area (TPSA) is 80.6 Å². The lowest BCUT2D eigenvalue weighted by Gasteiger charge is -2.25. The molecule has 0 bridgehead atoms. The van der Waals surface area contributed by atoms with E-state index >= 15 is 0 Å². The molecule has 1 rings (SSSR count). The molecule has 0 aliphatic heterocycles. The van der Waals surface area contributed by atoms with E-state index in [0.29, 0.717) is 0 Å². The van der Waals surface area contributed by atoms with E-state index in [1.165, 1.54) is 0 Å². The summed E-state index contributed by atoms with van der Waals surface area (Å²) >= 11 is 10.9. The quantitative estimate of drug-likeness (QED) is 0.604. The highest BCUT2D eigenvalue weighted by Crippen LogP contribution is 2.29. The largest absolute Gasteiger partial charge is 0.545 e.